The standard InChI is InChI=1S/C15H13NO3/c1-11-5-7-13(8-6-11)15(17)10-12-3-2-4-14(9-12)16(18)19/h2-9H,10H2,1H3. The summed E-state index contributed by atoms with van der Waals surface area (Å²) in [5.74, 6) is -0.0412. The highest BCUT2D eigenvalue weighted by atomic mass is 16.6. The summed E-state index contributed by atoms with van der Waals surface area (Å²) >= 11 is 0. The molecule has 0 saturated heterocycles. The van der Waals surface area contributed by atoms with Crippen LogP contribution in [0.25, 0.3) is 0 Å². The van der Waals surface area contributed by atoms with Gasteiger partial charge in [-0.2, -0.15) is 0 Å². The molecule has 4 heteroatoms. The first-order valence-corrected chi connectivity index (χ1v) is 5.89. The van der Waals surface area contributed by atoms with Gasteiger partial charge in [-0.3, -0.25) is 14.9 Å². The van der Waals surface area contributed by atoms with Crippen molar-refractivity contribution in [2.24, 2.45) is 0 Å². The number of rotatable bonds is 4. The highest BCUT2D eigenvalue weighted by Gasteiger charge is 2.10. The summed E-state index contributed by atoms with van der Waals surface area (Å²) in [6.45, 7) is 1.95. The van der Waals surface area contributed by atoms with Gasteiger partial charge in [0.2, 0.25) is 0 Å². The van der Waals surface area contributed by atoms with Crippen LogP contribution in [0.5, 0.6) is 0 Å². The largest absolute Gasteiger partial charge is 0.294 e. The fourth-order valence-electron chi connectivity index (χ4n) is 1.81. The van der Waals surface area contributed by atoms with E-state index in [0.29, 0.717) is 11.1 Å². The molecule has 0 amide bonds. The number of hydrogen-bond acceptors (Lipinski definition) is 3. The fraction of sp³-hybridized carbons (Fsp3) is 0.133. The number of carbonyl (C=O) groups excluding carboxylic acids is 1. The number of benzene rings is 2. The monoisotopic (exact) mass is 255 g/mol. The molecule has 0 aliphatic rings. The highest BCUT2D eigenvalue weighted by Crippen LogP contribution is 2.15. The van der Waals surface area contributed by atoms with Crippen molar-refractivity contribution in [2.75, 3.05) is 0 Å². The minimum atomic E-state index is -0.458. The normalized spacial score (nSPS) is 10.2. The summed E-state index contributed by atoms with van der Waals surface area (Å²) in [5, 5.41) is 10.7. The molecule has 0 atom stereocenters. The van der Waals surface area contributed by atoms with E-state index in [9.17, 15) is 14.9 Å². The average Bonchev–Trinajstić information content (AvgIpc) is 2.39. The molecule has 2 aromatic rings. The van der Waals surface area contributed by atoms with Crippen LogP contribution in [-0.2, 0) is 6.42 Å². The molecule has 0 N–H and O–H groups in total. The van der Waals surface area contributed by atoms with Crippen molar-refractivity contribution in [3.8, 4) is 0 Å². The van der Waals surface area contributed by atoms with Gasteiger partial charge in [-0.1, -0.05) is 42.0 Å². The summed E-state index contributed by atoms with van der Waals surface area (Å²) < 4.78 is 0. The van der Waals surface area contributed by atoms with Gasteiger partial charge >= 0.3 is 0 Å². The number of carbonyl (C=O) groups is 1. The van der Waals surface area contributed by atoms with Gasteiger partial charge in [-0.05, 0) is 12.5 Å². The maximum Gasteiger partial charge on any atom is 0.269 e. The van der Waals surface area contributed by atoms with Crippen molar-refractivity contribution in [3.63, 3.8) is 0 Å². The number of nitro benzene ring substituents is 1. The van der Waals surface area contributed by atoms with E-state index < -0.39 is 4.92 Å². The Hall–Kier alpha value is -2.49. The molecule has 0 aliphatic heterocycles. The lowest BCUT2D eigenvalue weighted by molar-refractivity contribution is -0.384. The molecule has 96 valence electrons. The van der Waals surface area contributed by atoms with E-state index in [2.05, 4.69) is 0 Å². The number of non-ortho nitro benzene ring substituents is 1. The van der Waals surface area contributed by atoms with E-state index in [1.165, 1.54) is 12.1 Å². The van der Waals surface area contributed by atoms with Crippen LogP contribution >= 0.6 is 0 Å². The predicted molar refractivity (Wildman–Crippen MR) is 72.3 cm³/mol. The lowest BCUT2D eigenvalue weighted by Gasteiger charge is -2.02. The van der Waals surface area contributed by atoms with Crippen molar-refractivity contribution in [1.82, 2.24) is 0 Å². The molecule has 0 radical (unpaired) electrons. The first-order chi connectivity index (χ1) is 9.06. The summed E-state index contributed by atoms with van der Waals surface area (Å²) in [5.41, 5.74) is 2.37. The average molecular weight is 255 g/mol. The molecule has 4 nitrogen and oxygen atoms in total. The Morgan fingerprint density at radius 2 is 1.84 bits per heavy atom. The Kier molecular flexibility index (Phi) is 3.71. The predicted octanol–water partition coefficient (Wildman–Crippen LogP) is 3.33. The van der Waals surface area contributed by atoms with Gasteiger partial charge in [-0.25, -0.2) is 0 Å². The number of nitrogens with zero attached hydrogens (tertiary/aromatic N) is 1. The van der Waals surface area contributed by atoms with Crippen LogP contribution in [0.2, 0.25) is 0 Å². The van der Waals surface area contributed by atoms with E-state index in [1.54, 1.807) is 24.3 Å². The smallest absolute Gasteiger partial charge is 0.269 e. The van der Waals surface area contributed by atoms with Crippen molar-refractivity contribution < 1.29 is 9.72 Å². The van der Waals surface area contributed by atoms with Crippen LogP contribution < -0.4 is 0 Å². The van der Waals surface area contributed by atoms with E-state index in [1.807, 2.05) is 19.1 Å². The molecule has 2 aromatic carbocycles. The third kappa shape index (κ3) is 3.25. The number of Topliss-reactive ketones (excluding diaryl/α,β-unsaturated/α-hetero) is 1. The highest BCUT2D eigenvalue weighted by molar-refractivity contribution is 5.97. The van der Waals surface area contributed by atoms with Gasteiger partial charge < -0.3 is 0 Å². The summed E-state index contributed by atoms with van der Waals surface area (Å²) in [6, 6.07) is 13.5. The number of hydrogen-bond donors (Lipinski definition) is 0. The summed E-state index contributed by atoms with van der Waals surface area (Å²) in [4.78, 5) is 22.2. The molecule has 2 rings (SSSR count). The lowest BCUT2D eigenvalue weighted by Crippen LogP contribution is -2.03. The molecule has 0 saturated carbocycles. The summed E-state index contributed by atoms with van der Waals surface area (Å²) in [6.07, 6.45) is 0.171. The van der Waals surface area contributed by atoms with Gasteiger partial charge in [0, 0.05) is 24.1 Å². The SMILES string of the molecule is Cc1ccc(C(=O)Cc2cccc([N+](=O)[O-])c2)cc1. The zero-order chi connectivity index (χ0) is 13.8. The quantitative estimate of drug-likeness (QED) is 0.478. The topological polar surface area (TPSA) is 60.2 Å². The van der Waals surface area contributed by atoms with E-state index in [4.69, 9.17) is 0 Å². The van der Waals surface area contributed by atoms with Crippen LogP contribution in [0.1, 0.15) is 21.5 Å². The van der Waals surface area contributed by atoms with Crippen molar-refractivity contribution in [3.05, 3.63) is 75.3 Å². The Balaban J connectivity index is 2.17. The summed E-state index contributed by atoms with van der Waals surface area (Å²) in [7, 11) is 0. The first kappa shape index (κ1) is 13.0. The maximum atomic E-state index is 12.0. The molecule has 0 aliphatic carbocycles. The minimum absolute atomic E-state index is 0.00852. The van der Waals surface area contributed by atoms with Crippen LogP contribution in [-0.4, -0.2) is 10.7 Å². The molecule has 19 heavy (non-hydrogen) atoms. The van der Waals surface area contributed by atoms with Gasteiger partial charge in [-0.15, -0.1) is 0 Å². The molecule has 0 unspecified atom stereocenters. The Morgan fingerprint density at radius 1 is 1.16 bits per heavy atom. The molecule has 0 heterocycles. The van der Waals surface area contributed by atoms with E-state index in [0.717, 1.165) is 5.56 Å². The number of nitro groups is 1. The van der Waals surface area contributed by atoms with Crippen LogP contribution in [0, 0.1) is 17.0 Å². The molecule has 0 bridgehead atoms. The Morgan fingerprint density at radius 3 is 2.47 bits per heavy atom. The minimum Gasteiger partial charge on any atom is -0.294 e. The fourth-order valence-corrected chi connectivity index (χ4v) is 1.81. The molecular formula is C15H13NO3. The zero-order valence-electron chi connectivity index (χ0n) is 10.5. The molecule has 0 fully saturated rings. The van der Waals surface area contributed by atoms with Crippen LogP contribution in [0.3, 0.4) is 0 Å². The lowest BCUT2D eigenvalue weighted by atomic mass is 10.0. The second-order valence-corrected chi connectivity index (χ2v) is 4.39. The van der Waals surface area contributed by atoms with Gasteiger partial charge in [0.1, 0.15) is 0 Å². The van der Waals surface area contributed by atoms with Crippen LogP contribution in [0.4, 0.5) is 5.69 Å². The second kappa shape index (κ2) is 5.44. The number of aryl methyl sites for hydroxylation is 1. The number of ketones is 1. The molecule has 0 aromatic heterocycles. The van der Waals surface area contributed by atoms with E-state index >= 15 is 0 Å². The maximum absolute atomic E-state index is 12.0. The molecular weight excluding hydrogens is 242 g/mol. The third-order valence-electron chi connectivity index (χ3n) is 2.86. The van der Waals surface area contributed by atoms with Crippen molar-refractivity contribution in [2.45, 2.75) is 13.3 Å². The molecule has 0 spiro atoms. The van der Waals surface area contributed by atoms with Gasteiger partial charge in [0.15, 0.2) is 5.78 Å². The van der Waals surface area contributed by atoms with Crippen molar-refractivity contribution >= 4 is 11.5 Å². The van der Waals surface area contributed by atoms with Crippen molar-refractivity contribution in [1.29, 1.82) is 0 Å². The zero-order valence-corrected chi connectivity index (χ0v) is 10.5. The second-order valence-electron chi connectivity index (χ2n) is 4.39. The Labute approximate surface area is 110 Å². The Bertz CT molecular complexity index is 618. The third-order valence-corrected chi connectivity index (χ3v) is 2.86. The van der Waals surface area contributed by atoms with Crippen LogP contribution in [0.15, 0.2) is 48.5 Å². The first-order valence-electron chi connectivity index (χ1n) is 5.89. The van der Waals surface area contributed by atoms with Gasteiger partial charge in [0.25, 0.3) is 5.69 Å². The van der Waals surface area contributed by atoms with Gasteiger partial charge in [0.05, 0.1) is 4.92 Å². The van der Waals surface area contributed by atoms with E-state index in [-0.39, 0.29) is 17.9 Å².